The number of rotatable bonds is 3. The van der Waals surface area contributed by atoms with Crippen LogP contribution in [-0.2, 0) is 4.79 Å². The number of nitrogens with one attached hydrogen (secondary N) is 1. The first-order valence-corrected chi connectivity index (χ1v) is 9.63. The highest BCUT2D eigenvalue weighted by molar-refractivity contribution is 6.07. The fourth-order valence-electron chi connectivity index (χ4n) is 3.76. The normalized spacial score (nSPS) is 14.8. The number of aryl methyl sites for hydroxylation is 1. The van der Waals surface area contributed by atoms with Gasteiger partial charge < -0.3 is 10.2 Å². The molecule has 1 aliphatic rings. The Kier molecular flexibility index (Phi) is 5.06. The van der Waals surface area contributed by atoms with Gasteiger partial charge in [0, 0.05) is 30.8 Å². The summed E-state index contributed by atoms with van der Waals surface area (Å²) < 4.78 is 0. The first-order valence-electron chi connectivity index (χ1n) is 9.63. The average molecular weight is 373 g/mol. The van der Waals surface area contributed by atoms with Gasteiger partial charge in [0.15, 0.2) is 0 Å². The molecule has 1 fully saturated rings. The summed E-state index contributed by atoms with van der Waals surface area (Å²) in [4.78, 5) is 31.7. The lowest BCUT2D eigenvalue weighted by atomic mass is 9.94. The fourth-order valence-corrected chi connectivity index (χ4v) is 3.76. The Labute approximate surface area is 164 Å². The second-order valence-electron chi connectivity index (χ2n) is 7.25. The molecule has 1 N–H and O–H groups in total. The van der Waals surface area contributed by atoms with Gasteiger partial charge in [-0.15, -0.1) is 0 Å². The van der Waals surface area contributed by atoms with Crippen molar-refractivity contribution in [3.05, 3.63) is 71.9 Å². The molecule has 0 unspecified atom stereocenters. The van der Waals surface area contributed by atoms with E-state index in [0.717, 1.165) is 21.9 Å². The number of pyridine rings is 1. The van der Waals surface area contributed by atoms with E-state index < -0.39 is 0 Å². The summed E-state index contributed by atoms with van der Waals surface area (Å²) in [6, 6.07) is 17.5. The zero-order valence-electron chi connectivity index (χ0n) is 15.9. The number of likely N-dealkylation sites (tertiary alicyclic amines) is 1. The molecule has 1 aliphatic heterocycles. The van der Waals surface area contributed by atoms with Gasteiger partial charge in [0.25, 0.3) is 5.91 Å². The Morgan fingerprint density at radius 1 is 1.00 bits per heavy atom. The molecule has 5 heteroatoms. The number of amides is 2. The lowest BCUT2D eigenvalue weighted by molar-refractivity contribution is -0.121. The van der Waals surface area contributed by atoms with E-state index in [9.17, 15) is 9.59 Å². The standard InChI is InChI=1S/C23H23N3O2/c1-16-6-5-13-24-21(16)25-22(27)18-11-14-26(15-12-18)23(28)20-10-4-8-17-7-2-3-9-19(17)20/h2-10,13,18H,11-12,14-15H2,1H3,(H,24,25,27). The summed E-state index contributed by atoms with van der Waals surface area (Å²) in [6.45, 7) is 3.09. The molecule has 1 saturated heterocycles. The molecule has 3 aromatic rings. The highest BCUT2D eigenvalue weighted by Crippen LogP contribution is 2.24. The number of carbonyl (C=O) groups is 2. The molecule has 0 atom stereocenters. The van der Waals surface area contributed by atoms with Crippen LogP contribution in [0.2, 0.25) is 0 Å². The minimum absolute atomic E-state index is 0.0148. The number of aromatic nitrogens is 1. The monoisotopic (exact) mass is 373 g/mol. The smallest absolute Gasteiger partial charge is 0.254 e. The van der Waals surface area contributed by atoms with E-state index in [2.05, 4.69) is 10.3 Å². The number of carbonyl (C=O) groups excluding carboxylic acids is 2. The first-order chi connectivity index (χ1) is 13.6. The van der Waals surface area contributed by atoms with Gasteiger partial charge in [-0.1, -0.05) is 42.5 Å². The van der Waals surface area contributed by atoms with Crippen molar-refractivity contribution in [2.45, 2.75) is 19.8 Å². The zero-order valence-corrected chi connectivity index (χ0v) is 15.9. The Morgan fingerprint density at radius 3 is 2.54 bits per heavy atom. The highest BCUT2D eigenvalue weighted by atomic mass is 16.2. The van der Waals surface area contributed by atoms with Crippen molar-refractivity contribution in [1.82, 2.24) is 9.88 Å². The van der Waals surface area contributed by atoms with Crippen molar-refractivity contribution in [2.24, 2.45) is 5.92 Å². The molecule has 5 nitrogen and oxygen atoms in total. The largest absolute Gasteiger partial charge is 0.339 e. The van der Waals surface area contributed by atoms with E-state index in [-0.39, 0.29) is 17.7 Å². The average Bonchev–Trinajstić information content (AvgIpc) is 2.74. The van der Waals surface area contributed by atoms with Crippen LogP contribution in [0.5, 0.6) is 0 Å². The third-order valence-electron chi connectivity index (χ3n) is 5.42. The van der Waals surface area contributed by atoms with Gasteiger partial charge in [0.2, 0.25) is 5.91 Å². The van der Waals surface area contributed by atoms with E-state index in [1.807, 2.05) is 66.4 Å². The highest BCUT2D eigenvalue weighted by Gasteiger charge is 2.28. The molecule has 28 heavy (non-hydrogen) atoms. The van der Waals surface area contributed by atoms with Crippen molar-refractivity contribution in [2.75, 3.05) is 18.4 Å². The number of anilines is 1. The number of piperidine rings is 1. The molecule has 2 heterocycles. The summed E-state index contributed by atoms with van der Waals surface area (Å²) in [5.74, 6) is 0.537. The van der Waals surface area contributed by atoms with Crippen LogP contribution in [0, 0.1) is 12.8 Å². The molecule has 0 bridgehead atoms. The lowest BCUT2D eigenvalue weighted by Crippen LogP contribution is -2.41. The molecule has 1 aromatic heterocycles. The molecule has 2 aromatic carbocycles. The van der Waals surface area contributed by atoms with Gasteiger partial charge in [-0.2, -0.15) is 0 Å². The molecule has 4 rings (SSSR count). The number of fused-ring (bicyclic) bond motifs is 1. The predicted octanol–water partition coefficient (Wildman–Crippen LogP) is 4.03. The van der Waals surface area contributed by atoms with Gasteiger partial charge in [-0.05, 0) is 48.2 Å². The first kappa shape index (κ1) is 18.2. The third-order valence-corrected chi connectivity index (χ3v) is 5.42. The summed E-state index contributed by atoms with van der Waals surface area (Å²) >= 11 is 0. The van der Waals surface area contributed by atoms with Crippen LogP contribution in [0.4, 0.5) is 5.82 Å². The van der Waals surface area contributed by atoms with Crippen LogP contribution in [0.1, 0.15) is 28.8 Å². The number of nitrogens with zero attached hydrogens (tertiary/aromatic N) is 2. The Bertz CT molecular complexity index is 1020. The number of hydrogen-bond donors (Lipinski definition) is 1. The SMILES string of the molecule is Cc1cccnc1NC(=O)C1CCN(C(=O)c2cccc3ccccc23)CC1. The van der Waals surface area contributed by atoms with Crippen LogP contribution in [0.25, 0.3) is 10.8 Å². The van der Waals surface area contributed by atoms with Crippen LogP contribution in [-0.4, -0.2) is 34.8 Å². The maximum Gasteiger partial charge on any atom is 0.254 e. The Balaban J connectivity index is 1.42. The minimum atomic E-state index is -0.0991. The summed E-state index contributed by atoms with van der Waals surface area (Å²) in [7, 11) is 0. The van der Waals surface area contributed by atoms with Gasteiger partial charge >= 0.3 is 0 Å². The van der Waals surface area contributed by atoms with Crippen molar-refractivity contribution in [1.29, 1.82) is 0 Å². The van der Waals surface area contributed by atoms with Crippen molar-refractivity contribution >= 4 is 28.4 Å². The van der Waals surface area contributed by atoms with Crippen LogP contribution in [0.3, 0.4) is 0 Å². The second kappa shape index (κ2) is 7.80. The predicted molar refractivity (Wildman–Crippen MR) is 110 cm³/mol. The van der Waals surface area contributed by atoms with Gasteiger partial charge in [0.1, 0.15) is 5.82 Å². The summed E-state index contributed by atoms with van der Waals surface area (Å²) in [5, 5.41) is 4.96. The van der Waals surface area contributed by atoms with Crippen LogP contribution >= 0.6 is 0 Å². The van der Waals surface area contributed by atoms with Gasteiger partial charge in [-0.3, -0.25) is 9.59 Å². The molecule has 0 saturated carbocycles. The molecular formula is C23H23N3O2. The summed E-state index contributed by atoms with van der Waals surface area (Å²) in [6.07, 6.45) is 3.00. The Morgan fingerprint density at radius 2 is 1.75 bits per heavy atom. The third kappa shape index (κ3) is 3.60. The summed E-state index contributed by atoms with van der Waals surface area (Å²) in [5.41, 5.74) is 1.67. The van der Waals surface area contributed by atoms with E-state index in [1.165, 1.54) is 0 Å². The molecule has 2 amide bonds. The zero-order chi connectivity index (χ0) is 19.5. The van der Waals surface area contributed by atoms with Crippen molar-refractivity contribution < 1.29 is 9.59 Å². The molecule has 0 radical (unpaired) electrons. The van der Waals surface area contributed by atoms with Gasteiger partial charge in [0.05, 0.1) is 0 Å². The lowest BCUT2D eigenvalue weighted by Gasteiger charge is -2.31. The van der Waals surface area contributed by atoms with Crippen molar-refractivity contribution in [3.8, 4) is 0 Å². The number of hydrogen-bond acceptors (Lipinski definition) is 3. The molecular weight excluding hydrogens is 350 g/mol. The maximum atomic E-state index is 13.0. The minimum Gasteiger partial charge on any atom is -0.339 e. The molecule has 142 valence electrons. The Hall–Kier alpha value is -3.21. The molecule has 0 aliphatic carbocycles. The van der Waals surface area contributed by atoms with E-state index in [1.54, 1.807) is 6.20 Å². The van der Waals surface area contributed by atoms with E-state index in [0.29, 0.717) is 31.7 Å². The molecule has 0 spiro atoms. The van der Waals surface area contributed by atoms with Gasteiger partial charge in [-0.25, -0.2) is 4.98 Å². The van der Waals surface area contributed by atoms with Crippen LogP contribution < -0.4 is 5.32 Å². The van der Waals surface area contributed by atoms with E-state index in [4.69, 9.17) is 0 Å². The quantitative estimate of drug-likeness (QED) is 0.754. The topological polar surface area (TPSA) is 62.3 Å². The van der Waals surface area contributed by atoms with E-state index >= 15 is 0 Å². The van der Waals surface area contributed by atoms with Crippen molar-refractivity contribution in [3.63, 3.8) is 0 Å². The second-order valence-corrected chi connectivity index (χ2v) is 7.25. The number of benzene rings is 2. The fraction of sp³-hybridized carbons (Fsp3) is 0.261. The van der Waals surface area contributed by atoms with Crippen LogP contribution in [0.15, 0.2) is 60.8 Å². The maximum absolute atomic E-state index is 13.0.